The summed E-state index contributed by atoms with van der Waals surface area (Å²) in [4.78, 5) is 5.94. The fourth-order valence-corrected chi connectivity index (χ4v) is 2.06. The standard InChI is InChI=1S/C11H16N4O2/c1-6-2-3-14-11(9(6)10(12)13)15-4-7(16)8(17)5-15/h2-3,7-8,16-17H,4-5H2,1H3,(H3,12,13). The van der Waals surface area contributed by atoms with Crippen molar-refractivity contribution in [1.82, 2.24) is 4.98 Å². The van der Waals surface area contributed by atoms with Crippen LogP contribution in [-0.4, -0.2) is 46.3 Å². The predicted molar refractivity (Wildman–Crippen MR) is 64.2 cm³/mol. The Labute approximate surface area is 99.2 Å². The van der Waals surface area contributed by atoms with E-state index in [1.165, 1.54) is 0 Å². The number of rotatable bonds is 2. The van der Waals surface area contributed by atoms with E-state index in [4.69, 9.17) is 11.1 Å². The number of β-amino-alcohol motifs (C(OH)–C–C–N with tert-alkyl or cyclic N) is 2. The molecule has 1 fully saturated rings. The number of pyridine rings is 1. The fraction of sp³-hybridized carbons (Fsp3) is 0.455. The minimum Gasteiger partial charge on any atom is -0.389 e. The van der Waals surface area contributed by atoms with Crippen LogP contribution in [0, 0.1) is 12.3 Å². The van der Waals surface area contributed by atoms with Crippen LogP contribution in [0.25, 0.3) is 0 Å². The van der Waals surface area contributed by atoms with Crippen LogP contribution >= 0.6 is 0 Å². The number of aromatic nitrogens is 1. The molecule has 0 radical (unpaired) electrons. The molecule has 2 rings (SSSR count). The summed E-state index contributed by atoms with van der Waals surface area (Å²) in [6, 6.07) is 1.78. The number of aliphatic hydroxyl groups excluding tert-OH is 2. The summed E-state index contributed by atoms with van der Waals surface area (Å²) >= 11 is 0. The number of aliphatic hydroxyl groups is 2. The van der Waals surface area contributed by atoms with Gasteiger partial charge in [0.05, 0.1) is 17.8 Å². The van der Waals surface area contributed by atoms with Crippen molar-refractivity contribution >= 4 is 11.7 Å². The Kier molecular flexibility index (Phi) is 2.99. The average Bonchev–Trinajstić information content (AvgIpc) is 2.58. The Balaban J connectivity index is 2.39. The zero-order valence-corrected chi connectivity index (χ0v) is 9.59. The summed E-state index contributed by atoms with van der Waals surface area (Å²) < 4.78 is 0. The molecule has 6 nitrogen and oxygen atoms in total. The zero-order chi connectivity index (χ0) is 12.6. The molecular formula is C11H16N4O2. The number of nitrogens with one attached hydrogen (secondary N) is 1. The molecule has 1 aliphatic rings. The molecule has 0 aromatic carbocycles. The normalized spacial score (nSPS) is 24.1. The molecule has 1 saturated heterocycles. The number of anilines is 1. The highest BCUT2D eigenvalue weighted by molar-refractivity contribution is 6.01. The van der Waals surface area contributed by atoms with Gasteiger partial charge in [-0.15, -0.1) is 0 Å². The van der Waals surface area contributed by atoms with Crippen LogP contribution in [0.15, 0.2) is 12.3 Å². The molecule has 2 atom stereocenters. The van der Waals surface area contributed by atoms with Gasteiger partial charge in [0.25, 0.3) is 0 Å². The summed E-state index contributed by atoms with van der Waals surface area (Å²) in [6.07, 6.45) is 0.0722. The molecule has 0 bridgehead atoms. The third-order valence-corrected chi connectivity index (χ3v) is 2.97. The van der Waals surface area contributed by atoms with E-state index in [0.717, 1.165) is 5.56 Å². The van der Waals surface area contributed by atoms with Crippen molar-refractivity contribution in [2.75, 3.05) is 18.0 Å². The smallest absolute Gasteiger partial charge is 0.139 e. The Hall–Kier alpha value is -1.66. The molecular weight excluding hydrogens is 220 g/mol. The Morgan fingerprint density at radius 2 is 2.06 bits per heavy atom. The van der Waals surface area contributed by atoms with E-state index < -0.39 is 12.2 Å². The Morgan fingerprint density at radius 1 is 1.47 bits per heavy atom. The van der Waals surface area contributed by atoms with E-state index in [0.29, 0.717) is 24.5 Å². The Morgan fingerprint density at radius 3 is 2.59 bits per heavy atom. The first-order valence-electron chi connectivity index (χ1n) is 5.41. The molecule has 17 heavy (non-hydrogen) atoms. The van der Waals surface area contributed by atoms with E-state index in [2.05, 4.69) is 4.98 Å². The van der Waals surface area contributed by atoms with Gasteiger partial charge < -0.3 is 20.8 Å². The summed E-state index contributed by atoms with van der Waals surface area (Å²) in [5, 5.41) is 26.6. The average molecular weight is 236 g/mol. The first-order valence-corrected chi connectivity index (χ1v) is 5.41. The molecule has 92 valence electrons. The summed E-state index contributed by atoms with van der Waals surface area (Å²) in [5.41, 5.74) is 6.97. The van der Waals surface area contributed by atoms with Crippen LogP contribution in [0.1, 0.15) is 11.1 Å². The topological polar surface area (TPSA) is 106 Å². The molecule has 0 amide bonds. The second kappa shape index (κ2) is 4.31. The van der Waals surface area contributed by atoms with Crippen molar-refractivity contribution < 1.29 is 10.2 Å². The van der Waals surface area contributed by atoms with Crippen molar-refractivity contribution in [3.05, 3.63) is 23.4 Å². The van der Waals surface area contributed by atoms with Gasteiger partial charge in [-0.3, -0.25) is 5.41 Å². The summed E-state index contributed by atoms with van der Waals surface area (Å²) in [5.74, 6) is 0.495. The lowest BCUT2D eigenvalue weighted by atomic mass is 10.1. The first kappa shape index (κ1) is 11.8. The maximum Gasteiger partial charge on any atom is 0.139 e. The molecule has 2 unspecified atom stereocenters. The molecule has 6 heteroatoms. The van der Waals surface area contributed by atoms with Gasteiger partial charge in [-0.2, -0.15) is 0 Å². The lowest BCUT2D eigenvalue weighted by Gasteiger charge is -2.20. The number of nitrogens with zero attached hydrogens (tertiary/aromatic N) is 2. The van der Waals surface area contributed by atoms with Crippen molar-refractivity contribution in [2.45, 2.75) is 19.1 Å². The first-order chi connectivity index (χ1) is 8.00. The van der Waals surface area contributed by atoms with E-state index >= 15 is 0 Å². The second-order valence-electron chi connectivity index (χ2n) is 4.28. The molecule has 0 spiro atoms. The molecule has 0 aliphatic carbocycles. The SMILES string of the molecule is Cc1ccnc(N2CC(O)C(O)C2)c1C(=N)N. The molecule has 2 heterocycles. The van der Waals surface area contributed by atoms with Crippen LogP contribution in [-0.2, 0) is 0 Å². The highest BCUT2D eigenvalue weighted by atomic mass is 16.3. The van der Waals surface area contributed by atoms with Gasteiger partial charge in [-0.05, 0) is 18.6 Å². The summed E-state index contributed by atoms with van der Waals surface area (Å²) in [7, 11) is 0. The third-order valence-electron chi connectivity index (χ3n) is 2.97. The lowest BCUT2D eigenvalue weighted by Crippen LogP contribution is -2.27. The number of hydrogen-bond donors (Lipinski definition) is 4. The van der Waals surface area contributed by atoms with Crippen LogP contribution < -0.4 is 10.6 Å². The molecule has 1 aliphatic heterocycles. The van der Waals surface area contributed by atoms with Gasteiger partial charge in [0.2, 0.25) is 0 Å². The van der Waals surface area contributed by atoms with Gasteiger partial charge in [0.15, 0.2) is 0 Å². The van der Waals surface area contributed by atoms with Gasteiger partial charge in [0, 0.05) is 19.3 Å². The number of aryl methyl sites for hydroxylation is 1. The maximum absolute atomic E-state index is 9.52. The van der Waals surface area contributed by atoms with Crippen LogP contribution in [0.2, 0.25) is 0 Å². The van der Waals surface area contributed by atoms with Crippen LogP contribution in [0.5, 0.6) is 0 Å². The largest absolute Gasteiger partial charge is 0.389 e. The predicted octanol–water partition coefficient (Wildman–Crippen LogP) is -0.784. The fourth-order valence-electron chi connectivity index (χ4n) is 2.06. The number of nitrogens with two attached hydrogens (primary N) is 1. The van der Waals surface area contributed by atoms with Gasteiger partial charge in [-0.1, -0.05) is 0 Å². The van der Waals surface area contributed by atoms with Gasteiger partial charge in [0.1, 0.15) is 11.7 Å². The van der Waals surface area contributed by atoms with Crippen molar-refractivity contribution in [3.63, 3.8) is 0 Å². The Bertz CT molecular complexity index is 439. The minimum absolute atomic E-state index is 0.0542. The molecule has 5 N–H and O–H groups in total. The van der Waals surface area contributed by atoms with E-state index in [1.54, 1.807) is 17.2 Å². The molecule has 0 saturated carbocycles. The third kappa shape index (κ3) is 2.09. The highest BCUT2D eigenvalue weighted by Gasteiger charge is 2.32. The summed E-state index contributed by atoms with van der Waals surface area (Å²) in [6.45, 7) is 2.46. The second-order valence-corrected chi connectivity index (χ2v) is 4.28. The maximum atomic E-state index is 9.52. The van der Waals surface area contributed by atoms with Gasteiger partial charge >= 0.3 is 0 Å². The minimum atomic E-state index is -0.780. The number of nitrogen functional groups attached to an aromatic ring is 1. The van der Waals surface area contributed by atoms with Crippen LogP contribution in [0.3, 0.4) is 0 Å². The monoisotopic (exact) mass is 236 g/mol. The zero-order valence-electron chi connectivity index (χ0n) is 9.59. The number of amidine groups is 1. The van der Waals surface area contributed by atoms with E-state index in [-0.39, 0.29) is 5.84 Å². The molecule has 1 aromatic rings. The number of hydrogen-bond acceptors (Lipinski definition) is 5. The van der Waals surface area contributed by atoms with Crippen LogP contribution in [0.4, 0.5) is 5.82 Å². The molecule has 1 aromatic heterocycles. The van der Waals surface area contributed by atoms with Crippen molar-refractivity contribution in [3.8, 4) is 0 Å². The van der Waals surface area contributed by atoms with Crippen molar-refractivity contribution in [2.24, 2.45) is 5.73 Å². The van der Waals surface area contributed by atoms with E-state index in [1.807, 2.05) is 6.92 Å². The lowest BCUT2D eigenvalue weighted by molar-refractivity contribution is 0.0572. The van der Waals surface area contributed by atoms with Crippen molar-refractivity contribution in [1.29, 1.82) is 5.41 Å². The highest BCUT2D eigenvalue weighted by Crippen LogP contribution is 2.24. The van der Waals surface area contributed by atoms with E-state index in [9.17, 15) is 10.2 Å². The quantitative estimate of drug-likeness (QED) is 0.398. The van der Waals surface area contributed by atoms with Gasteiger partial charge in [-0.25, -0.2) is 4.98 Å².